The number of halogens is 1. The minimum atomic E-state index is -0.667. The van der Waals surface area contributed by atoms with Gasteiger partial charge in [-0.25, -0.2) is 4.39 Å². The fourth-order valence-electron chi connectivity index (χ4n) is 2.69. The molecule has 27 heavy (non-hydrogen) atoms. The lowest BCUT2D eigenvalue weighted by Gasteiger charge is -2.29. The molecule has 0 spiro atoms. The second kappa shape index (κ2) is 7.55. The lowest BCUT2D eigenvalue weighted by atomic mass is 10.1. The maximum atomic E-state index is 13.6. The van der Waals surface area contributed by atoms with Crippen molar-refractivity contribution in [3.8, 4) is 11.5 Å². The first kappa shape index (κ1) is 18.5. The number of nitrogens with one attached hydrogen (secondary N) is 1. The van der Waals surface area contributed by atoms with Gasteiger partial charge in [0.2, 0.25) is 0 Å². The minimum absolute atomic E-state index is 0.120. The van der Waals surface area contributed by atoms with Crippen LogP contribution in [0.1, 0.15) is 5.56 Å². The third-order valence-electron chi connectivity index (χ3n) is 3.90. The van der Waals surface area contributed by atoms with Gasteiger partial charge in [-0.1, -0.05) is 18.2 Å². The first-order valence-corrected chi connectivity index (χ1v) is 8.25. The second-order valence-electron chi connectivity index (χ2n) is 5.52. The predicted molar refractivity (Wildman–Crippen MR) is 102 cm³/mol. The molecule has 1 heterocycles. The number of thiocarbonyl (C=S) groups is 1. The van der Waals surface area contributed by atoms with Gasteiger partial charge in [-0.05, 0) is 42.6 Å². The topological polar surface area (TPSA) is 67.9 Å². The van der Waals surface area contributed by atoms with Gasteiger partial charge in [-0.3, -0.25) is 19.8 Å². The van der Waals surface area contributed by atoms with E-state index in [9.17, 15) is 14.0 Å². The fraction of sp³-hybridized carbons (Fsp3) is 0.105. The van der Waals surface area contributed by atoms with E-state index >= 15 is 0 Å². The van der Waals surface area contributed by atoms with Gasteiger partial charge in [-0.2, -0.15) is 0 Å². The Balaban J connectivity index is 2.08. The normalized spacial score (nSPS) is 15.7. The summed E-state index contributed by atoms with van der Waals surface area (Å²) in [6.45, 7) is 0. The van der Waals surface area contributed by atoms with Crippen LogP contribution in [0.15, 0.2) is 48.0 Å². The molecule has 0 bridgehead atoms. The lowest BCUT2D eigenvalue weighted by Crippen LogP contribution is -2.54. The Kier molecular flexibility index (Phi) is 5.18. The van der Waals surface area contributed by atoms with Gasteiger partial charge in [0.25, 0.3) is 11.8 Å². The number of benzene rings is 2. The summed E-state index contributed by atoms with van der Waals surface area (Å²) < 4.78 is 24.1. The van der Waals surface area contributed by atoms with Crippen LogP contribution in [0.4, 0.5) is 10.1 Å². The standard InChI is InChI=1S/C19H15FN2O4S/c1-25-15-8-3-5-11(16(15)26-2)9-14-17(23)21-19(27)22(18(14)24)13-7-4-6-12(20)10-13/h3-10H,1-2H3,(H,21,23,27)/b14-9-. The first-order valence-electron chi connectivity index (χ1n) is 7.84. The first-order chi connectivity index (χ1) is 13.0. The summed E-state index contributed by atoms with van der Waals surface area (Å²) in [5, 5.41) is 2.33. The van der Waals surface area contributed by atoms with E-state index < -0.39 is 17.6 Å². The highest BCUT2D eigenvalue weighted by Crippen LogP contribution is 2.33. The zero-order valence-electron chi connectivity index (χ0n) is 14.5. The predicted octanol–water partition coefficient (Wildman–Crippen LogP) is 2.67. The van der Waals surface area contributed by atoms with Crippen LogP contribution in [-0.4, -0.2) is 31.1 Å². The Hall–Kier alpha value is -3.26. The van der Waals surface area contributed by atoms with E-state index in [1.165, 1.54) is 38.5 Å². The number of hydrogen-bond acceptors (Lipinski definition) is 5. The molecule has 1 aliphatic heterocycles. The molecule has 0 radical (unpaired) electrons. The van der Waals surface area contributed by atoms with Crippen molar-refractivity contribution in [1.29, 1.82) is 0 Å². The van der Waals surface area contributed by atoms with Crippen LogP contribution in [0.3, 0.4) is 0 Å². The lowest BCUT2D eigenvalue weighted by molar-refractivity contribution is -0.122. The number of hydrogen-bond donors (Lipinski definition) is 1. The van der Waals surface area contributed by atoms with Gasteiger partial charge in [-0.15, -0.1) is 0 Å². The highest BCUT2D eigenvalue weighted by molar-refractivity contribution is 7.80. The summed E-state index contributed by atoms with van der Waals surface area (Å²) in [6, 6.07) is 10.4. The number of carbonyl (C=O) groups is 2. The summed E-state index contributed by atoms with van der Waals surface area (Å²) in [5.74, 6) is -1.02. The maximum absolute atomic E-state index is 13.6. The number of carbonyl (C=O) groups excluding carboxylic acids is 2. The van der Waals surface area contributed by atoms with E-state index in [2.05, 4.69) is 5.32 Å². The minimum Gasteiger partial charge on any atom is -0.493 e. The average Bonchev–Trinajstić information content (AvgIpc) is 2.64. The van der Waals surface area contributed by atoms with Crippen molar-refractivity contribution in [2.45, 2.75) is 0 Å². The van der Waals surface area contributed by atoms with Gasteiger partial charge in [0.15, 0.2) is 16.6 Å². The van der Waals surface area contributed by atoms with E-state index in [-0.39, 0.29) is 16.4 Å². The number of anilines is 1. The molecule has 3 rings (SSSR count). The van der Waals surface area contributed by atoms with Crippen molar-refractivity contribution < 1.29 is 23.5 Å². The van der Waals surface area contributed by atoms with Gasteiger partial charge < -0.3 is 9.47 Å². The van der Waals surface area contributed by atoms with Crippen molar-refractivity contribution in [3.05, 3.63) is 59.4 Å². The van der Waals surface area contributed by atoms with Crippen molar-refractivity contribution in [2.75, 3.05) is 19.1 Å². The molecule has 0 saturated carbocycles. The van der Waals surface area contributed by atoms with Crippen LogP contribution < -0.4 is 19.7 Å². The third-order valence-corrected chi connectivity index (χ3v) is 4.19. The largest absolute Gasteiger partial charge is 0.493 e. The molecule has 0 aliphatic carbocycles. The Morgan fingerprint density at radius 2 is 1.85 bits per heavy atom. The Morgan fingerprint density at radius 1 is 1.11 bits per heavy atom. The smallest absolute Gasteiger partial charge is 0.270 e. The second-order valence-corrected chi connectivity index (χ2v) is 5.91. The van der Waals surface area contributed by atoms with E-state index in [1.54, 1.807) is 18.2 Å². The van der Waals surface area contributed by atoms with Crippen molar-refractivity contribution in [1.82, 2.24) is 5.32 Å². The Morgan fingerprint density at radius 3 is 2.52 bits per heavy atom. The van der Waals surface area contributed by atoms with Crippen LogP contribution in [0.25, 0.3) is 6.08 Å². The van der Waals surface area contributed by atoms with Crippen LogP contribution in [0.2, 0.25) is 0 Å². The number of methoxy groups -OCH3 is 2. The quantitative estimate of drug-likeness (QED) is 0.497. The molecule has 1 aliphatic rings. The Bertz CT molecular complexity index is 974. The molecule has 0 aromatic heterocycles. The van der Waals surface area contributed by atoms with E-state index in [1.807, 2.05) is 0 Å². The molecule has 2 aromatic rings. The SMILES string of the molecule is COc1cccc(/C=C2/C(=O)NC(=S)N(c3cccc(F)c3)C2=O)c1OC. The van der Waals surface area contributed by atoms with Crippen LogP contribution >= 0.6 is 12.2 Å². The number of amides is 2. The van der Waals surface area contributed by atoms with Crippen molar-refractivity contribution in [2.24, 2.45) is 0 Å². The molecule has 8 heteroatoms. The van der Waals surface area contributed by atoms with E-state index in [0.29, 0.717) is 17.1 Å². The summed E-state index contributed by atoms with van der Waals surface area (Å²) in [4.78, 5) is 26.4. The van der Waals surface area contributed by atoms with E-state index in [0.717, 1.165) is 11.0 Å². The molecule has 1 N–H and O–H groups in total. The molecule has 2 aromatic carbocycles. The van der Waals surface area contributed by atoms with Crippen molar-refractivity contribution >= 4 is 40.9 Å². The van der Waals surface area contributed by atoms with Crippen LogP contribution in [0.5, 0.6) is 11.5 Å². The van der Waals surface area contributed by atoms with Crippen LogP contribution in [0, 0.1) is 5.82 Å². The summed E-state index contributed by atoms with van der Waals surface area (Å²) in [6.07, 6.45) is 1.38. The number of ether oxygens (including phenoxy) is 2. The van der Waals surface area contributed by atoms with Gasteiger partial charge in [0.05, 0.1) is 19.9 Å². The third kappa shape index (κ3) is 3.52. The zero-order valence-corrected chi connectivity index (χ0v) is 15.3. The summed E-state index contributed by atoms with van der Waals surface area (Å²) in [7, 11) is 2.94. The number of nitrogens with zero attached hydrogens (tertiary/aromatic N) is 1. The molecule has 0 atom stereocenters. The number of rotatable bonds is 4. The summed E-state index contributed by atoms with van der Waals surface area (Å²) in [5.41, 5.74) is 0.523. The van der Waals surface area contributed by atoms with Crippen LogP contribution in [-0.2, 0) is 9.59 Å². The summed E-state index contributed by atoms with van der Waals surface area (Å²) >= 11 is 5.09. The molecule has 1 fully saturated rings. The molecule has 138 valence electrons. The average molecular weight is 386 g/mol. The monoisotopic (exact) mass is 386 g/mol. The molecule has 2 amide bonds. The van der Waals surface area contributed by atoms with Gasteiger partial charge in [0.1, 0.15) is 11.4 Å². The highest BCUT2D eigenvalue weighted by Gasteiger charge is 2.34. The Labute approximate surface area is 160 Å². The van der Waals surface area contributed by atoms with Crippen molar-refractivity contribution in [3.63, 3.8) is 0 Å². The highest BCUT2D eigenvalue weighted by atomic mass is 32.1. The molecular weight excluding hydrogens is 371 g/mol. The zero-order chi connectivity index (χ0) is 19.6. The molecule has 1 saturated heterocycles. The molecule has 6 nitrogen and oxygen atoms in total. The molecular formula is C19H15FN2O4S. The molecule has 0 unspecified atom stereocenters. The fourth-order valence-corrected chi connectivity index (χ4v) is 2.97. The number of para-hydroxylation sites is 1. The van der Waals surface area contributed by atoms with Gasteiger partial charge in [0, 0.05) is 5.56 Å². The van der Waals surface area contributed by atoms with Gasteiger partial charge >= 0.3 is 0 Å². The van der Waals surface area contributed by atoms with E-state index in [4.69, 9.17) is 21.7 Å². The maximum Gasteiger partial charge on any atom is 0.270 e.